The number of benzene rings is 11. The minimum Gasteiger partial charge on any atom is -0.456 e. The van der Waals surface area contributed by atoms with Crippen LogP contribution in [-0.4, -0.2) is 0 Å². The van der Waals surface area contributed by atoms with Crippen LogP contribution in [0.2, 0.25) is 0 Å². The number of furan rings is 4. The van der Waals surface area contributed by atoms with Gasteiger partial charge in [0.2, 0.25) is 0 Å². The molecule has 0 N–H and O–H groups in total. The maximum atomic E-state index is 6.98. The number of nitrogens with zero attached hydrogens (tertiary/aromatic N) is 2. The van der Waals surface area contributed by atoms with Gasteiger partial charge in [0, 0.05) is 60.5 Å². The van der Waals surface area contributed by atoms with Gasteiger partial charge in [0.1, 0.15) is 33.5 Å². The molecular weight excluding hydrogens is 885 g/mol. The number of fused-ring (bicyclic) bond motifs is 15. The Morgan fingerprint density at radius 1 is 0.278 bits per heavy atom. The minimum atomic E-state index is 0.789. The Kier molecular flexibility index (Phi) is 8.53. The third-order valence-electron chi connectivity index (χ3n) is 15.1. The van der Waals surface area contributed by atoms with Crippen molar-refractivity contribution in [3.8, 4) is 0 Å². The second-order valence-electron chi connectivity index (χ2n) is 19.4. The zero-order valence-corrected chi connectivity index (χ0v) is 40.0. The van der Waals surface area contributed by atoms with E-state index in [0.29, 0.717) is 0 Å². The predicted molar refractivity (Wildman–Crippen MR) is 299 cm³/mol. The van der Waals surface area contributed by atoms with Crippen LogP contribution in [0.3, 0.4) is 0 Å². The molecule has 0 aliphatic carbocycles. The molecule has 342 valence electrons. The fourth-order valence-electron chi connectivity index (χ4n) is 11.5. The molecule has 0 saturated heterocycles. The van der Waals surface area contributed by atoms with Crippen molar-refractivity contribution in [1.29, 1.82) is 0 Å². The Labute approximate surface area is 413 Å². The van der Waals surface area contributed by atoms with Crippen molar-refractivity contribution in [1.82, 2.24) is 0 Å². The summed E-state index contributed by atoms with van der Waals surface area (Å²) >= 11 is 0. The van der Waals surface area contributed by atoms with Crippen LogP contribution in [0.1, 0.15) is 22.3 Å². The summed E-state index contributed by atoms with van der Waals surface area (Å²) in [5.74, 6) is 0. The fraction of sp³-hybridized carbons (Fsp3) is 0.0606. The van der Waals surface area contributed by atoms with Gasteiger partial charge in [-0.2, -0.15) is 0 Å². The number of aryl methyl sites for hydroxylation is 4. The molecule has 0 saturated carbocycles. The molecule has 0 atom stereocenters. The number of rotatable bonds is 6. The third-order valence-corrected chi connectivity index (χ3v) is 15.1. The molecule has 0 unspecified atom stereocenters. The molecule has 0 bridgehead atoms. The monoisotopic (exact) mass is 928 g/mol. The van der Waals surface area contributed by atoms with E-state index in [0.717, 1.165) is 160 Å². The highest BCUT2D eigenvalue weighted by Crippen LogP contribution is 2.49. The Morgan fingerprint density at radius 3 is 1.29 bits per heavy atom. The van der Waals surface area contributed by atoms with Crippen LogP contribution in [0.4, 0.5) is 34.1 Å². The zero-order valence-electron chi connectivity index (χ0n) is 40.0. The molecule has 15 rings (SSSR count). The fourth-order valence-corrected chi connectivity index (χ4v) is 11.5. The maximum absolute atomic E-state index is 6.98. The highest BCUT2D eigenvalue weighted by atomic mass is 16.3. The van der Waals surface area contributed by atoms with Crippen LogP contribution in [0.25, 0.3) is 109 Å². The first-order valence-corrected chi connectivity index (χ1v) is 24.6. The maximum Gasteiger partial charge on any atom is 0.159 e. The van der Waals surface area contributed by atoms with Crippen molar-refractivity contribution in [3.63, 3.8) is 0 Å². The Hall–Kier alpha value is -9.26. The van der Waals surface area contributed by atoms with E-state index in [2.05, 4.69) is 207 Å². The van der Waals surface area contributed by atoms with E-state index >= 15 is 0 Å². The number of para-hydroxylation sites is 4. The van der Waals surface area contributed by atoms with Crippen molar-refractivity contribution in [2.45, 2.75) is 27.7 Å². The Morgan fingerprint density at radius 2 is 0.736 bits per heavy atom. The highest BCUT2D eigenvalue weighted by molar-refractivity contribution is 6.24. The predicted octanol–water partition coefficient (Wildman–Crippen LogP) is 19.8. The molecule has 0 fully saturated rings. The van der Waals surface area contributed by atoms with E-state index < -0.39 is 0 Å². The summed E-state index contributed by atoms with van der Waals surface area (Å²) in [6.07, 6.45) is 0. The van der Waals surface area contributed by atoms with Gasteiger partial charge >= 0.3 is 0 Å². The van der Waals surface area contributed by atoms with E-state index in [9.17, 15) is 0 Å². The first-order chi connectivity index (χ1) is 35.3. The molecule has 0 aliphatic rings. The molecule has 4 heterocycles. The highest BCUT2D eigenvalue weighted by Gasteiger charge is 2.26. The molecule has 72 heavy (non-hydrogen) atoms. The molecule has 0 amide bonds. The van der Waals surface area contributed by atoms with Crippen LogP contribution in [0.5, 0.6) is 0 Å². The lowest BCUT2D eigenvalue weighted by molar-refractivity contribution is 0.663. The normalized spacial score (nSPS) is 12.2. The molecule has 0 aliphatic heterocycles. The summed E-state index contributed by atoms with van der Waals surface area (Å²) in [4.78, 5) is 4.71. The van der Waals surface area contributed by atoms with Gasteiger partial charge in [-0.15, -0.1) is 0 Å². The molecule has 4 aromatic heterocycles. The summed E-state index contributed by atoms with van der Waals surface area (Å²) in [5.41, 5.74) is 17.6. The SMILES string of the molecule is Cc1ccccc1N(c1ccc2cc3c(cc2c1)oc1c3ccc2oc3cc4cc(N(c5ccccc5C)c5c(C)ccc6c5oc5ccccc56)ccc4cc3c21)c1c(C)ccc2c1oc1ccccc12. The summed E-state index contributed by atoms with van der Waals surface area (Å²) in [5, 5.41) is 12.9. The van der Waals surface area contributed by atoms with Gasteiger partial charge < -0.3 is 27.5 Å². The van der Waals surface area contributed by atoms with Crippen LogP contribution in [0, 0.1) is 27.7 Å². The van der Waals surface area contributed by atoms with Crippen molar-refractivity contribution in [3.05, 3.63) is 216 Å². The third kappa shape index (κ3) is 5.90. The average molecular weight is 929 g/mol. The van der Waals surface area contributed by atoms with Gasteiger partial charge in [-0.05, 0) is 156 Å². The van der Waals surface area contributed by atoms with Gasteiger partial charge in [0.05, 0.1) is 16.8 Å². The van der Waals surface area contributed by atoms with E-state index in [1.807, 2.05) is 24.3 Å². The smallest absolute Gasteiger partial charge is 0.159 e. The Bertz CT molecular complexity index is 4770. The standard InChI is InChI=1S/C66H44N2O4/c1-37-13-5-9-17-54(37)67(62-39(3)21-27-49-47-15-7-11-19-56(47)70-65(49)62)45-25-23-41-33-52-51-29-30-58-61(64(51)72-59(52)35-43(41)31-45)53-34-42-24-26-46(32-44(42)36-60(53)69-58)68(55-18-10-6-14-38(55)2)63-40(4)22-28-50-48-16-8-12-20-57(48)71-66(50)63/h5-36H,1-4H3. The molecule has 15 aromatic rings. The quantitative estimate of drug-likeness (QED) is 0.166. The van der Waals surface area contributed by atoms with Gasteiger partial charge in [0.15, 0.2) is 11.2 Å². The van der Waals surface area contributed by atoms with Gasteiger partial charge in [-0.1, -0.05) is 109 Å². The van der Waals surface area contributed by atoms with Crippen molar-refractivity contribution in [2.24, 2.45) is 0 Å². The number of hydrogen-bond donors (Lipinski definition) is 0. The van der Waals surface area contributed by atoms with Crippen molar-refractivity contribution < 1.29 is 17.7 Å². The zero-order chi connectivity index (χ0) is 47.9. The number of hydrogen-bond acceptors (Lipinski definition) is 6. The average Bonchev–Trinajstić information content (AvgIpc) is 4.17. The topological polar surface area (TPSA) is 59.0 Å². The second kappa shape index (κ2) is 15.1. The van der Waals surface area contributed by atoms with Crippen molar-refractivity contribution in [2.75, 3.05) is 9.80 Å². The molecule has 11 aromatic carbocycles. The summed E-state index contributed by atoms with van der Waals surface area (Å²) in [7, 11) is 0. The molecule has 6 heteroatoms. The van der Waals surface area contributed by atoms with E-state index in [4.69, 9.17) is 17.7 Å². The molecule has 6 nitrogen and oxygen atoms in total. The lowest BCUT2D eigenvalue weighted by Crippen LogP contribution is -2.13. The molecular formula is C66H44N2O4. The second-order valence-corrected chi connectivity index (χ2v) is 19.4. The van der Waals surface area contributed by atoms with Crippen LogP contribution < -0.4 is 9.80 Å². The van der Waals surface area contributed by atoms with Crippen LogP contribution >= 0.6 is 0 Å². The number of anilines is 6. The lowest BCUT2D eigenvalue weighted by Gasteiger charge is -2.28. The lowest BCUT2D eigenvalue weighted by atomic mass is 10.0. The van der Waals surface area contributed by atoms with Gasteiger partial charge in [-0.25, -0.2) is 0 Å². The van der Waals surface area contributed by atoms with Gasteiger partial charge in [-0.3, -0.25) is 0 Å². The Balaban J connectivity index is 0.876. The summed E-state index contributed by atoms with van der Waals surface area (Å²) in [6.45, 7) is 8.67. The van der Waals surface area contributed by atoms with Crippen LogP contribution in [-0.2, 0) is 0 Å². The molecule has 0 spiro atoms. The first-order valence-electron chi connectivity index (χ1n) is 24.6. The van der Waals surface area contributed by atoms with E-state index in [1.165, 1.54) is 5.56 Å². The minimum absolute atomic E-state index is 0.789. The molecule has 0 radical (unpaired) electrons. The van der Waals surface area contributed by atoms with Crippen LogP contribution in [0.15, 0.2) is 212 Å². The van der Waals surface area contributed by atoms with E-state index in [-0.39, 0.29) is 0 Å². The van der Waals surface area contributed by atoms with Crippen molar-refractivity contribution >= 4 is 143 Å². The van der Waals surface area contributed by atoms with Gasteiger partial charge in [0.25, 0.3) is 0 Å². The summed E-state index contributed by atoms with van der Waals surface area (Å²) < 4.78 is 27.1. The summed E-state index contributed by atoms with van der Waals surface area (Å²) in [6, 6.07) is 69.0. The van der Waals surface area contributed by atoms with E-state index in [1.54, 1.807) is 0 Å². The largest absolute Gasteiger partial charge is 0.456 e. The first kappa shape index (κ1) is 40.6.